The summed E-state index contributed by atoms with van der Waals surface area (Å²) in [4.78, 5) is 8.88. The molecule has 0 aliphatic heterocycles. The average Bonchev–Trinajstić information content (AvgIpc) is 3.12. The first-order valence-electron chi connectivity index (χ1n) is 16.5. The van der Waals surface area contributed by atoms with Crippen LogP contribution in [0.4, 0.5) is 26.3 Å². The van der Waals surface area contributed by atoms with Crippen molar-refractivity contribution in [3.05, 3.63) is 135 Å². The molecule has 0 spiro atoms. The van der Waals surface area contributed by atoms with E-state index in [4.69, 9.17) is 21.1 Å². The van der Waals surface area contributed by atoms with Gasteiger partial charge in [-0.05, 0) is 140 Å². The molecule has 1 radical (unpaired) electrons. The van der Waals surface area contributed by atoms with Crippen LogP contribution in [0.1, 0.15) is 28.3 Å². The van der Waals surface area contributed by atoms with E-state index in [9.17, 15) is 31.4 Å². The van der Waals surface area contributed by atoms with Crippen molar-refractivity contribution in [2.75, 3.05) is 0 Å². The van der Waals surface area contributed by atoms with Crippen LogP contribution >= 0.6 is 27.5 Å². The summed E-state index contributed by atoms with van der Waals surface area (Å²) < 4.78 is 93.1. The second kappa shape index (κ2) is 19.1. The van der Waals surface area contributed by atoms with Gasteiger partial charge >= 0.3 is 12.7 Å². The first-order valence-corrected chi connectivity index (χ1v) is 17.7. The monoisotopic (exact) mass is 1090 g/mol. The molecular formula is C41H32AcBrClF6N2O5. The number of halogens is 8. The van der Waals surface area contributed by atoms with Gasteiger partial charge in [0.15, 0.2) is 0 Å². The van der Waals surface area contributed by atoms with Gasteiger partial charge in [0.05, 0.1) is 11.4 Å². The number of pyridine rings is 2. The Balaban J connectivity index is 0.000000248. The van der Waals surface area contributed by atoms with Crippen LogP contribution in [0.3, 0.4) is 0 Å². The van der Waals surface area contributed by atoms with Crippen molar-refractivity contribution in [3.8, 4) is 62.5 Å². The minimum atomic E-state index is -4.74. The van der Waals surface area contributed by atoms with E-state index >= 15 is 0 Å². The molecule has 0 aliphatic rings. The molecule has 16 heteroatoms. The van der Waals surface area contributed by atoms with Crippen LogP contribution in [-0.4, -0.2) is 27.8 Å². The molecule has 6 rings (SSSR count). The van der Waals surface area contributed by atoms with Gasteiger partial charge in [-0.25, -0.2) is 0 Å². The summed E-state index contributed by atoms with van der Waals surface area (Å²) >= 11 is 9.65. The Kier molecular flexibility index (Phi) is 15.3. The molecule has 4 aromatic carbocycles. The van der Waals surface area contributed by atoms with E-state index in [1.165, 1.54) is 48.5 Å². The molecule has 295 valence electrons. The van der Waals surface area contributed by atoms with Crippen molar-refractivity contribution in [2.45, 2.75) is 47.3 Å². The molecule has 0 fully saturated rings. The fraction of sp³-hybridized carbons (Fsp3) is 0.171. The number of aromatic nitrogens is 2. The van der Waals surface area contributed by atoms with Crippen LogP contribution in [0, 0.1) is 78.7 Å². The molecule has 0 bridgehead atoms. The summed E-state index contributed by atoms with van der Waals surface area (Å²) in [7, 11) is 0. The molecule has 2 aromatic heterocycles. The zero-order valence-corrected chi connectivity index (χ0v) is 37.9. The number of aryl methyl sites for hydroxylation is 4. The third kappa shape index (κ3) is 12.5. The summed E-state index contributed by atoms with van der Waals surface area (Å²) in [6, 6.07) is 24.6. The number of alkyl halides is 6. The third-order valence-corrected chi connectivity index (χ3v) is 9.67. The molecule has 0 saturated carbocycles. The van der Waals surface area contributed by atoms with E-state index in [0.29, 0.717) is 45.5 Å². The summed E-state index contributed by atoms with van der Waals surface area (Å²) in [5, 5.41) is 10.5. The summed E-state index contributed by atoms with van der Waals surface area (Å²) in [6.07, 6.45) is -9.45. The van der Waals surface area contributed by atoms with Crippen molar-refractivity contribution < 1.29 is 94.5 Å². The fourth-order valence-corrected chi connectivity index (χ4v) is 6.08. The van der Waals surface area contributed by atoms with Crippen LogP contribution in [0.5, 0.6) is 40.2 Å². The number of hydrogen-bond acceptors (Lipinski definition) is 7. The molecule has 0 aliphatic carbocycles. The SMILES string of the molecule is Cc1nc(C)c(-c2ccc(Oc3ccc(OC(F)(F)F)cc3)cc2)c(C)c1Br.Cc1nc(C)c(-c2ccc(Oc3ccc(OC(F)(F)F)cc3)cc2)c(O)c1Cl.[Ac]. The first-order chi connectivity index (χ1) is 26.3. The Hall–Kier alpha value is -4.03. The van der Waals surface area contributed by atoms with Crippen molar-refractivity contribution >= 4 is 27.5 Å². The summed E-state index contributed by atoms with van der Waals surface area (Å²) in [5.74, 6) is 1.14. The summed E-state index contributed by atoms with van der Waals surface area (Å²) in [5.41, 5.74) is 7.44. The molecule has 7 nitrogen and oxygen atoms in total. The van der Waals surface area contributed by atoms with Gasteiger partial charge in [0.2, 0.25) is 0 Å². The van der Waals surface area contributed by atoms with Gasteiger partial charge in [-0.2, -0.15) is 0 Å². The number of benzene rings is 4. The minimum absolute atomic E-state index is 0. The second-order valence-corrected chi connectivity index (χ2v) is 13.4. The molecule has 0 unspecified atom stereocenters. The van der Waals surface area contributed by atoms with Gasteiger partial charge in [-0.3, -0.25) is 9.97 Å². The maximum Gasteiger partial charge on any atom is 0.573 e. The maximum atomic E-state index is 12.2. The van der Waals surface area contributed by atoms with E-state index in [1.807, 2.05) is 45.0 Å². The standard InChI is InChI=1S/C21H17BrF3NO2.C20H15ClF3NO3.Ac/c1-12-19(13(2)26-14(3)20(12)22)15-4-6-16(7-5-15)27-17-8-10-18(11-9-17)28-21(23,24)25;1-11-17(19(26)18(21)12(2)25-11)13-3-5-14(6-4-13)27-15-7-9-16(10-8-15)28-20(22,23)24;/h4-11H,1-3H3;3-10H,1-2H3,(H,25,26);. The molecule has 0 amide bonds. The molecular weight excluding hydrogens is 1060 g/mol. The molecule has 57 heavy (non-hydrogen) atoms. The zero-order chi connectivity index (χ0) is 40.9. The van der Waals surface area contributed by atoms with Crippen molar-refractivity contribution in [1.82, 2.24) is 9.97 Å². The number of ether oxygens (including phenoxy) is 4. The van der Waals surface area contributed by atoms with Crippen molar-refractivity contribution in [3.63, 3.8) is 0 Å². The van der Waals surface area contributed by atoms with Gasteiger partial charge < -0.3 is 24.1 Å². The Morgan fingerprint density at radius 1 is 0.509 bits per heavy atom. The van der Waals surface area contributed by atoms with E-state index in [2.05, 4.69) is 35.4 Å². The fourth-order valence-electron chi connectivity index (χ4n) is 5.66. The minimum Gasteiger partial charge on any atom is -0.506 e. The largest absolute Gasteiger partial charge is 0.573 e. The molecule has 0 saturated heterocycles. The summed E-state index contributed by atoms with van der Waals surface area (Å²) in [6.45, 7) is 9.44. The number of aromatic hydroxyl groups is 1. The van der Waals surface area contributed by atoms with Gasteiger partial charge in [-0.15, -0.1) is 26.3 Å². The van der Waals surface area contributed by atoms with E-state index in [0.717, 1.165) is 32.6 Å². The molecule has 1 N–H and O–H groups in total. The quantitative estimate of drug-likeness (QED) is 0.152. The van der Waals surface area contributed by atoms with Gasteiger partial charge in [0.1, 0.15) is 45.3 Å². The zero-order valence-electron chi connectivity index (χ0n) is 30.8. The Labute approximate surface area is 373 Å². The van der Waals surface area contributed by atoms with Gasteiger partial charge in [0.25, 0.3) is 0 Å². The number of nitrogens with zero attached hydrogens (tertiary/aromatic N) is 2. The van der Waals surface area contributed by atoms with Crippen LogP contribution in [0.15, 0.2) is 102 Å². The van der Waals surface area contributed by atoms with Gasteiger partial charge in [-0.1, -0.05) is 35.9 Å². The smallest absolute Gasteiger partial charge is 0.506 e. The normalized spacial score (nSPS) is 11.2. The second-order valence-electron chi connectivity index (χ2n) is 12.2. The Morgan fingerprint density at radius 3 is 1.21 bits per heavy atom. The van der Waals surface area contributed by atoms with Crippen LogP contribution in [0.2, 0.25) is 5.02 Å². The number of hydrogen-bond donors (Lipinski definition) is 1. The molecule has 6 aromatic rings. The Morgan fingerprint density at radius 2 is 0.825 bits per heavy atom. The first kappa shape index (κ1) is 45.7. The maximum absolute atomic E-state index is 12.2. The van der Waals surface area contributed by atoms with E-state index in [-0.39, 0.29) is 66.3 Å². The van der Waals surface area contributed by atoms with Crippen LogP contribution in [0.25, 0.3) is 22.3 Å². The van der Waals surface area contributed by atoms with Gasteiger partial charge in [0, 0.05) is 71.0 Å². The predicted molar refractivity (Wildman–Crippen MR) is 204 cm³/mol. The van der Waals surface area contributed by atoms with Crippen LogP contribution in [-0.2, 0) is 0 Å². The predicted octanol–water partition coefficient (Wildman–Crippen LogP) is 13.5. The topological polar surface area (TPSA) is 82.9 Å². The Bertz CT molecular complexity index is 2150. The average molecular weight is 1090 g/mol. The van der Waals surface area contributed by atoms with E-state index < -0.39 is 12.7 Å². The van der Waals surface area contributed by atoms with Crippen LogP contribution < -0.4 is 18.9 Å². The van der Waals surface area contributed by atoms with Crippen molar-refractivity contribution in [2.24, 2.45) is 0 Å². The molecule has 0 atom stereocenters. The van der Waals surface area contributed by atoms with Crippen molar-refractivity contribution in [1.29, 1.82) is 0 Å². The molecule has 2 heterocycles. The third-order valence-electron chi connectivity index (χ3n) is 8.05. The van der Waals surface area contributed by atoms with E-state index in [1.54, 1.807) is 38.1 Å². The number of rotatable bonds is 8.